The molecule has 0 spiro atoms. The average molecular weight is 1480 g/mol. The van der Waals surface area contributed by atoms with E-state index in [4.69, 9.17) is 38.9 Å². The minimum absolute atomic E-state index is 0. The second-order valence-corrected chi connectivity index (χ2v) is 23.3. The number of halogens is 2. The Morgan fingerprint density at radius 3 is 1.00 bits per heavy atom. The van der Waals surface area contributed by atoms with E-state index in [1.54, 1.807) is 53.4 Å². The number of imide groups is 2. The Labute approximate surface area is 679 Å². The van der Waals surface area contributed by atoms with Crippen molar-refractivity contribution in [2.45, 2.75) is 14.9 Å². The Balaban J connectivity index is 0. The summed E-state index contributed by atoms with van der Waals surface area (Å²) in [4.78, 5) is 119. The molecule has 0 aromatic heterocycles. The van der Waals surface area contributed by atoms with Crippen molar-refractivity contribution in [3.63, 3.8) is 0 Å². The van der Waals surface area contributed by atoms with Crippen molar-refractivity contribution in [1.29, 1.82) is 0 Å². The Kier molecular flexibility index (Phi) is 54.2. The van der Waals surface area contributed by atoms with E-state index in [1.807, 2.05) is 9.80 Å². The number of carbonyl (C=O) groups is 8. The topological polar surface area (TPSA) is 372 Å². The molecule has 0 bridgehead atoms. The maximum atomic E-state index is 12.4. The number of alkyl halides is 1. The van der Waals surface area contributed by atoms with Crippen molar-refractivity contribution in [3.05, 3.63) is 70.8 Å². The summed E-state index contributed by atoms with van der Waals surface area (Å²) in [7, 11) is 1.50. The number of rotatable bonds is 24. The molecular weight excluding hydrogens is 1360 g/mol. The van der Waals surface area contributed by atoms with Crippen LogP contribution in [-0.4, -0.2) is 375 Å². The van der Waals surface area contributed by atoms with E-state index in [0.29, 0.717) is 54.3 Å². The molecule has 98 heavy (non-hydrogen) atoms. The number of fused-ring (bicyclic) bond motifs is 2. The molecule has 13 N–H and O–H groups in total. The molecule has 2 aromatic rings. The SMILES string of the molecule is C.C.CN.Cl.NCCN1CCN(CCN2CCNC2=O)CC1.NCCNCCN1CCN(CCN)CC1.O=C1NCCN1CCCl.O=C1NCCN1CCN1CCN(CCN2C(=O)c3ccccc3C2=O)CC1.O=C1c2ccccc2C(=O)N1CCN1CCNCC1.O=CO[O-].[H-].[K+].[K+]. The Morgan fingerprint density at radius 1 is 0.439 bits per heavy atom. The number of nitrogens with zero attached hydrogens (tertiary/aromatic N) is 12. The third-order valence-electron chi connectivity index (χ3n) is 17.1. The number of nitrogens with two attached hydrogens (primary N) is 4. The number of carbonyl (C=O) groups excluding carboxylic acids is 8. The van der Waals surface area contributed by atoms with Gasteiger partial charge < -0.3 is 75.8 Å². The maximum Gasteiger partial charge on any atom is 1.00 e. The van der Waals surface area contributed by atoms with Gasteiger partial charge in [0.1, 0.15) is 0 Å². The van der Waals surface area contributed by atoms with Gasteiger partial charge in [-0.3, -0.25) is 68.1 Å². The molecule has 0 unspecified atom stereocenters. The maximum absolute atomic E-state index is 12.4. The smallest absolute Gasteiger partial charge is 1.00 e. The number of hydrogen-bond donors (Lipinski definition) is 9. The van der Waals surface area contributed by atoms with E-state index in [9.17, 15) is 33.6 Å². The molecule has 7 fully saturated rings. The van der Waals surface area contributed by atoms with Gasteiger partial charge in [-0.15, -0.1) is 24.0 Å². The molecule has 548 valence electrons. The van der Waals surface area contributed by atoms with Crippen LogP contribution in [0.4, 0.5) is 14.4 Å². The molecule has 0 aliphatic carbocycles. The molecule has 0 radical (unpaired) electrons. The van der Waals surface area contributed by atoms with Crippen molar-refractivity contribution in [2.75, 3.05) is 268 Å². The van der Waals surface area contributed by atoms with Crippen LogP contribution in [-0.2, 0) is 9.68 Å². The van der Waals surface area contributed by atoms with Crippen molar-refractivity contribution in [3.8, 4) is 0 Å². The molecule has 9 aliphatic heterocycles. The second-order valence-electron chi connectivity index (χ2n) is 22.9. The van der Waals surface area contributed by atoms with Crippen LogP contribution in [0.5, 0.6) is 0 Å². The third-order valence-corrected chi connectivity index (χ3v) is 17.2. The van der Waals surface area contributed by atoms with E-state index in [-0.39, 0.29) is 180 Å². The van der Waals surface area contributed by atoms with Gasteiger partial charge in [0.15, 0.2) is 0 Å². The predicted octanol–water partition coefficient (Wildman–Crippen LogP) is -9.11. The third kappa shape index (κ3) is 33.0. The molecular formula is C63H115Cl2K2N21O10. The zero-order valence-corrected chi connectivity index (χ0v) is 64.8. The van der Waals surface area contributed by atoms with Gasteiger partial charge in [0.05, 0.1) is 22.3 Å². The van der Waals surface area contributed by atoms with Gasteiger partial charge in [-0.2, -0.15) is 0 Å². The van der Waals surface area contributed by atoms with Gasteiger partial charge in [0, 0.05) is 261 Å². The fourth-order valence-corrected chi connectivity index (χ4v) is 11.8. The fourth-order valence-electron chi connectivity index (χ4n) is 11.6. The molecule has 35 heteroatoms. The zero-order chi connectivity index (χ0) is 67.2. The van der Waals surface area contributed by atoms with Crippen LogP contribution in [0.1, 0.15) is 57.7 Å². The second kappa shape index (κ2) is 55.8. The standard InChI is InChI=1S/C19H25N5O3.C14H17N3O2.C11H23N5O.C10H25N5.C5H9ClN2O.CH5N.CH2O3.2CH4.ClH.2K.H/c25-17-15-3-1-2-4-16(15)18(26)24(17)14-12-22-9-7-21(8-10-22)11-13-23-6-5-20-19(23)27;18-13-11-3-1-2-4-12(11)14(19)17(13)10-9-16-7-5-15-6-8-16;12-1-3-14-5-7-15(8-6-14)9-10-16-4-2-13-11(16)17;11-1-3-13-4-6-15-9-7-14(5-2-12)8-10-15;6-1-3-8-4-2-7-5(8)9;1-2;2-1-4-3;;;;;;/h1-4H,5-14H2,(H,20,27);1-4,15H,5-10H2;1-10,12H2,(H,13,17);13H,1-12H2;1-4H2,(H,7,9);2H2,1H3;1,3H;2*1H4;1H;;;/q;;;;;;;;;;2*+1;-1/p-1. The number of amides is 10. The van der Waals surface area contributed by atoms with Crippen molar-refractivity contribution in [2.24, 2.45) is 22.9 Å². The summed E-state index contributed by atoms with van der Waals surface area (Å²) in [5.41, 5.74) is 23.1. The molecule has 7 saturated heterocycles. The van der Waals surface area contributed by atoms with Crippen LogP contribution >= 0.6 is 24.0 Å². The van der Waals surface area contributed by atoms with E-state index >= 15 is 0 Å². The largest absolute Gasteiger partial charge is 1.00 e. The van der Waals surface area contributed by atoms with Crippen LogP contribution in [0.3, 0.4) is 0 Å². The van der Waals surface area contributed by atoms with Crippen molar-refractivity contribution < 1.29 is 153 Å². The molecule has 9 aliphatic rings. The first-order valence-corrected chi connectivity index (χ1v) is 33.3. The minimum Gasteiger partial charge on any atom is -1.00 e. The monoisotopic (exact) mass is 1470 g/mol. The first-order chi connectivity index (χ1) is 45.3. The van der Waals surface area contributed by atoms with Crippen LogP contribution in [0.2, 0.25) is 0 Å². The number of benzene rings is 2. The zero-order valence-electron chi connectivity index (χ0n) is 58.0. The summed E-state index contributed by atoms with van der Waals surface area (Å²) >= 11 is 5.43. The molecule has 0 saturated carbocycles. The summed E-state index contributed by atoms with van der Waals surface area (Å²) in [6.45, 7) is 35.1. The molecule has 2 aromatic carbocycles. The first kappa shape index (κ1) is 95.3. The summed E-state index contributed by atoms with van der Waals surface area (Å²) in [6, 6.07) is 14.2. The molecule has 31 nitrogen and oxygen atoms in total. The molecule has 11 rings (SSSR count). The number of nitrogens with one attached hydrogen (secondary N) is 5. The summed E-state index contributed by atoms with van der Waals surface area (Å²) in [5, 5.41) is 23.4. The molecule has 9 heterocycles. The van der Waals surface area contributed by atoms with Crippen LogP contribution in [0.15, 0.2) is 48.5 Å². The van der Waals surface area contributed by atoms with Crippen LogP contribution in [0.25, 0.3) is 0 Å². The van der Waals surface area contributed by atoms with Gasteiger partial charge in [-0.1, -0.05) is 39.1 Å². The summed E-state index contributed by atoms with van der Waals surface area (Å²) in [5.74, 6) is -0.157. The van der Waals surface area contributed by atoms with Crippen molar-refractivity contribution >= 4 is 72.2 Å². The first-order valence-electron chi connectivity index (χ1n) is 32.8. The van der Waals surface area contributed by atoms with Gasteiger partial charge in [-0.25, -0.2) is 14.4 Å². The van der Waals surface area contributed by atoms with Crippen LogP contribution in [0, 0.1) is 0 Å². The van der Waals surface area contributed by atoms with Gasteiger partial charge in [-0.05, 0) is 31.3 Å². The van der Waals surface area contributed by atoms with E-state index < -0.39 is 0 Å². The molecule has 10 amide bonds. The quantitative estimate of drug-likeness (QED) is 0.00896. The number of urea groups is 3. The number of hydrogen-bond acceptors (Lipinski definition) is 23. The van der Waals surface area contributed by atoms with Crippen LogP contribution < -0.4 is 158 Å². The minimum atomic E-state index is -0.182. The summed E-state index contributed by atoms with van der Waals surface area (Å²) in [6.07, 6.45) is 0. The van der Waals surface area contributed by atoms with E-state index in [0.717, 1.165) is 216 Å². The normalized spacial score (nSPS) is 18.6. The van der Waals surface area contributed by atoms with Gasteiger partial charge in [0.25, 0.3) is 30.1 Å². The van der Waals surface area contributed by atoms with Gasteiger partial charge in [0.2, 0.25) is 0 Å². The van der Waals surface area contributed by atoms with E-state index in [2.05, 4.69) is 71.5 Å². The van der Waals surface area contributed by atoms with E-state index in [1.165, 1.54) is 29.9 Å². The van der Waals surface area contributed by atoms with Gasteiger partial charge >= 0.3 is 121 Å². The number of piperazine rings is 4. The Bertz CT molecular complexity index is 2510. The average Bonchev–Trinajstić information content (AvgIpc) is 1.65. The van der Waals surface area contributed by atoms with Crippen molar-refractivity contribution in [1.82, 2.24) is 85.4 Å². The molecule has 0 atom stereocenters. The fraction of sp³-hybridized carbons (Fsp3) is 0.683. The predicted molar refractivity (Wildman–Crippen MR) is 376 cm³/mol. The Morgan fingerprint density at radius 2 is 0.724 bits per heavy atom. The Hall–Kier alpha value is -2.71. The summed E-state index contributed by atoms with van der Waals surface area (Å²) < 4.78 is 0.